The molecule has 1 heterocycles. The second kappa shape index (κ2) is 6.27. The number of pyridine rings is 1. The quantitative estimate of drug-likeness (QED) is 0.611. The molecule has 7 nitrogen and oxygen atoms in total. The number of fused-ring (bicyclic) bond motifs is 1. The summed E-state index contributed by atoms with van der Waals surface area (Å²) in [6.07, 6.45) is 0. The van der Waals surface area contributed by atoms with Crippen LogP contribution in [-0.4, -0.2) is 33.4 Å². The van der Waals surface area contributed by atoms with Crippen molar-refractivity contribution >= 4 is 33.7 Å². The van der Waals surface area contributed by atoms with Gasteiger partial charge in [0, 0.05) is 22.0 Å². The number of hydrogen-bond donors (Lipinski definition) is 4. The van der Waals surface area contributed by atoms with Gasteiger partial charge < -0.3 is 25.0 Å². The van der Waals surface area contributed by atoms with Gasteiger partial charge in [0.25, 0.3) is 5.56 Å². The van der Waals surface area contributed by atoms with E-state index in [9.17, 15) is 19.8 Å². The van der Waals surface area contributed by atoms with E-state index in [2.05, 4.69) is 4.98 Å². The Morgan fingerprint density at radius 2 is 1.95 bits per heavy atom. The molecule has 2 rings (SSSR count). The number of carboxylic acid groups (broad SMARTS) is 1. The number of aliphatic carboxylic acids is 1. The number of phenols is 2. The number of aryl methyl sites for hydroxylation is 1. The van der Waals surface area contributed by atoms with Crippen molar-refractivity contribution in [2.45, 2.75) is 19.8 Å². The molecular weight excluding hydrogens is 358 g/mol. The van der Waals surface area contributed by atoms with Gasteiger partial charge in [0.15, 0.2) is 11.5 Å². The van der Waals surface area contributed by atoms with Crippen molar-refractivity contribution in [1.29, 1.82) is 0 Å². The number of hydrogen-bond acceptors (Lipinski definition) is 5. The highest BCUT2D eigenvalue weighted by Crippen LogP contribution is 2.43. The smallest absolute Gasteiger partial charge is 0.310 e. The Labute approximate surface area is 135 Å². The van der Waals surface area contributed by atoms with E-state index in [0.29, 0.717) is 11.1 Å². The van der Waals surface area contributed by atoms with Crippen LogP contribution in [0.1, 0.15) is 24.1 Å². The van der Waals surface area contributed by atoms with Crippen molar-refractivity contribution in [2.24, 2.45) is 0 Å². The van der Waals surface area contributed by atoms with E-state index in [0.717, 1.165) is 0 Å². The number of nitrogens with one attached hydrogen (secondary N) is 1. The molecule has 0 aliphatic carbocycles. The number of aromatic amines is 1. The van der Waals surface area contributed by atoms with Gasteiger partial charge in [-0.2, -0.15) is 0 Å². The monoisotopic (exact) mass is 373 g/mol. The van der Waals surface area contributed by atoms with Crippen LogP contribution in [0.25, 0.3) is 10.8 Å². The van der Waals surface area contributed by atoms with Gasteiger partial charge in [-0.25, -0.2) is 0 Å². The maximum absolute atomic E-state index is 12.1. The zero-order valence-corrected chi connectivity index (χ0v) is 13.8. The highest BCUT2D eigenvalue weighted by Gasteiger charge is 2.25. The first-order valence-corrected chi connectivity index (χ1v) is 6.17. The summed E-state index contributed by atoms with van der Waals surface area (Å²) >= 11 is 0. The molecule has 0 saturated carbocycles. The number of aromatic hydroxyl groups is 2. The number of phenolic OH excluding ortho intramolecular Hbond substituents is 2. The van der Waals surface area contributed by atoms with Crippen LogP contribution in [0.3, 0.4) is 0 Å². The number of carboxylic acids is 1. The molecule has 8 heteroatoms. The summed E-state index contributed by atoms with van der Waals surface area (Å²) in [5.41, 5.74) is -0.151. The molecule has 0 spiro atoms. The van der Waals surface area contributed by atoms with E-state index in [1.807, 2.05) is 0 Å². The third-order valence-corrected chi connectivity index (χ3v) is 3.45. The van der Waals surface area contributed by atoms with Gasteiger partial charge in [-0.1, -0.05) is 0 Å². The fourth-order valence-corrected chi connectivity index (χ4v) is 2.39. The lowest BCUT2D eigenvalue weighted by molar-refractivity contribution is -0.138. The number of rotatable bonds is 3. The first-order valence-electron chi connectivity index (χ1n) is 6.17. The maximum Gasteiger partial charge on any atom is 0.310 e. The van der Waals surface area contributed by atoms with E-state index in [1.54, 1.807) is 6.92 Å². The lowest BCUT2D eigenvalue weighted by atomic mass is 9.94. The molecule has 22 heavy (non-hydrogen) atoms. The summed E-state index contributed by atoms with van der Waals surface area (Å²) in [4.78, 5) is 25.8. The van der Waals surface area contributed by atoms with Crippen LogP contribution in [0.15, 0.2) is 10.9 Å². The Bertz CT molecular complexity index is 798. The third-order valence-electron chi connectivity index (χ3n) is 3.45. The first kappa shape index (κ1) is 17.8. The minimum absolute atomic E-state index is 0. The summed E-state index contributed by atoms with van der Waals surface area (Å²) in [5.74, 6) is -3.21. The zero-order valence-electron chi connectivity index (χ0n) is 12.1. The summed E-state index contributed by atoms with van der Waals surface area (Å²) in [6, 6.07) is 1.17. The third kappa shape index (κ3) is 2.61. The van der Waals surface area contributed by atoms with E-state index in [-0.39, 0.29) is 33.7 Å². The molecule has 0 aliphatic heterocycles. The summed E-state index contributed by atoms with van der Waals surface area (Å²) in [7, 11) is 1.30. The van der Waals surface area contributed by atoms with E-state index in [1.165, 1.54) is 20.1 Å². The summed E-state index contributed by atoms with van der Waals surface area (Å²) in [5, 5.41) is 29.3. The van der Waals surface area contributed by atoms with Gasteiger partial charge in [-0.15, -0.1) is 17.0 Å². The lowest BCUT2D eigenvalue weighted by Gasteiger charge is -2.16. The Morgan fingerprint density at radius 1 is 1.36 bits per heavy atom. The fourth-order valence-electron chi connectivity index (χ4n) is 2.39. The van der Waals surface area contributed by atoms with E-state index >= 15 is 0 Å². The molecule has 0 amide bonds. The number of benzene rings is 1. The minimum atomic E-state index is -1.17. The van der Waals surface area contributed by atoms with Crippen molar-refractivity contribution in [3.63, 3.8) is 0 Å². The Kier molecular flexibility index (Phi) is 5.08. The van der Waals surface area contributed by atoms with Crippen LogP contribution in [-0.2, 0) is 4.79 Å². The number of ether oxygens (including phenoxy) is 1. The molecule has 1 unspecified atom stereocenters. The minimum Gasteiger partial charge on any atom is -0.504 e. The second-order valence-corrected chi connectivity index (χ2v) is 4.75. The van der Waals surface area contributed by atoms with Gasteiger partial charge in [0.05, 0.1) is 13.0 Å². The van der Waals surface area contributed by atoms with E-state index in [4.69, 9.17) is 9.84 Å². The SMILES string of the molecule is Br.COc1c(O)c(O)cc2c(C(C)C(=O)O)c(=O)[nH]c(C)c12. The van der Waals surface area contributed by atoms with Gasteiger partial charge in [0.2, 0.25) is 5.75 Å². The van der Waals surface area contributed by atoms with Crippen molar-refractivity contribution in [2.75, 3.05) is 7.11 Å². The van der Waals surface area contributed by atoms with Crippen LogP contribution in [0.5, 0.6) is 17.2 Å². The topological polar surface area (TPSA) is 120 Å². The lowest BCUT2D eigenvalue weighted by Crippen LogP contribution is -2.21. The van der Waals surface area contributed by atoms with Crippen LogP contribution in [0.2, 0.25) is 0 Å². The molecule has 0 fully saturated rings. The van der Waals surface area contributed by atoms with Crippen molar-refractivity contribution in [3.8, 4) is 17.2 Å². The molecule has 0 bridgehead atoms. The van der Waals surface area contributed by atoms with E-state index < -0.39 is 28.9 Å². The highest BCUT2D eigenvalue weighted by atomic mass is 79.9. The normalized spacial score (nSPS) is 11.8. The zero-order chi connectivity index (χ0) is 15.9. The molecule has 4 N–H and O–H groups in total. The number of halogens is 1. The molecule has 1 aromatic heterocycles. The average molecular weight is 374 g/mol. The fraction of sp³-hybridized carbons (Fsp3) is 0.286. The van der Waals surface area contributed by atoms with Crippen LogP contribution in [0.4, 0.5) is 0 Å². The van der Waals surface area contributed by atoms with Gasteiger partial charge in [0.1, 0.15) is 0 Å². The summed E-state index contributed by atoms with van der Waals surface area (Å²) in [6.45, 7) is 2.97. The van der Waals surface area contributed by atoms with Gasteiger partial charge in [-0.05, 0) is 19.9 Å². The molecule has 0 saturated heterocycles. The Morgan fingerprint density at radius 3 is 2.45 bits per heavy atom. The number of carbonyl (C=O) groups is 1. The molecular formula is C14H16BrNO6. The second-order valence-electron chi connectivity index (χ2n) is 4.75. The average Bonchev–Trinajstić information content (AvgIpc) is 2.40. The molecule has 0 aliphatic rings. The predicted molar refractivity (Wildman–Crippen MR) is 85.6 cm³/mol. The van der Waals surface area contributed by atoms with Crippen LogP contribution >= 0.6 is 17.0 Å². The van der Waals surface area contributed by atoms with Crippen LogP contribution < -0.4 is 10.3 Å². The molecule has 1 aromatic carbocycles. The van der Waals surface area contributed by atoms with Gasteiger partial charge >= 0.3 is 5.97 Å². The van der Waals surface area contributed by atoms with Gasteiger partial charge in [-0.3, -0.25) is 9.59 Å². The van der Waals surface area contributed by atoms with Crippen molar-refractivity contribution in [1.82, 2.24) is 4.98 Å². The Balaban J connectivity index is 0.00000242. The summed E-state index contributed by atoms with van der Waals surface area (Å²) < 4.78 is 5.08. The van der Waals surface area contributed by atoms with Crippen molar-refractivity contribution < 1.29 is 24.9 Å². The van der Waals surface area contributed by atoms with Crippen molar-refractivity contribution in [3.05, 3.63) is 27.7 Å². The predicted octanol–water partition coefficient (Wildman–Crippen LogP) is 2.02. The highest BCUT2D eigenvalue weighted by molar-refractivity contribution is 8.93. The maximum atomic E-state index is 12.1. The molecule has 1 atom stereocenters. The molecule has 2 aromatic rings. The number of H-pyrrole nitrogens is 1. The first-order chi connectivity index (χ1) is 9.79. The number of aromatic nitrogens is 1. The largest absolute Gasteiger partial charge is 0.504 e. The standard InChI is InChI=1S/C14H15NO6.BrH/c1-5(14(19)20)9-7-4-8(16)11(17)12(21-3)10(7)6(2)15-13(9)18;/h4-5,16-17H,1-3H3,(H,15,18)(H,19,20);1H. The molecule has 120 valence electrons. The Hall–Kier alpha value is -2.22. The van der Waals surface area contributed by atoms with Crippen LogP contribution in [0, 0.1) is 6.92 Å². The molecule has 0 radical (unpaired) electrons. The number of methoxy groups -OCH3 is 1.